The molecule has 0 aliphatic heterocycles. The molecule has 3 N–H and O–H groups in total. The molecule has 0 saturated heterocycles. The Kier molecular flexibility index (Phi) is 4.73. The Morgan fingerprint density at radius 1 is 1.56 bits per heavy atom. The van der Waals surface area contributed by atoms with Gasteiger partial charge in [0.2, 0.25) is 0 Å². The van der Waals surface area contributed by atoms with Crippen molar-refractivity contribution in [3.63, 3.8) is 0 Å². The van der Waals surface area contributed by atoms with E-state index in [1.165, 1.54) is 0 Å². The van der Waals surface area contributed by atoms with Gasteiger partial charge < -0.3 is 11.1 Å². The molecule has 0 bridgehead atoms. The van der Waals surface area contributed by atoms with Crippen molar-refractivity contribution >= 4 is 17.3 Å². The first-order valence-electron chi connectivity index (χ1n) is 5.47. The van der Waals surface area contributed by atoms with E-state index in [-0.39, 0.29) is 6.04 Å². The SMILES string of the molecule is Cc1csc(C(C)NC(N)=NCC(C)C)n1. The van der Waals surface area contributed by atoms with Gasteiger partial charge in [-0.15, -0.1) is 11.3 Å². The van der Waals surface area contributed by atoms with Gasteiger partial charge >= 0.3 is 0 Å². The fraction of sp³-hybridized carbons (Fsp3) is 0.636. The maximum absolute atomic E-state index is 5.78. The van der Waals surface area contributed by atoms with Gasteiger partial charge in [0, 0.05) is 17.6 Å². The van der Waals surface area contributed by atoms with E-state index in [0.717, 1.165) is 17.2 Å². The first-order valence-corrected chi connectivity index (χ1v) is 6.35. The molecule has 0 radical (unpaired) electrons. The van der Waals surface area contributed by atoms with Crippen molar-refractivity contribution in [1.82, 2.24) is 10.3 Å². The summed E-state index contributed by atoms with van der Waals surface area (Å²) in [5.41, 5.74) is 6.83. The third-order valence-corrected chi connectivity index (χ3v) is 3.14. The molecule has 0 aliphatic carbocycles. The van der Waals surface area contributed by atoms with Crippen molar-refractivity contribution in [2.24, 2.45) is 16.6 Å². The topological polar surface area (TPSA) is 63.3 Å². The quantitative estimate of drug-likeness (QED) is 0.625. The number of nitrogens with two attached hydrogens (primary N) is 1. The first kappa shape index (κ1) is 13.0. The molecule has 1 atom stereocenters. The van der Waals surface area contributed by atoms with Crippen molar-refractivity contribution < 1.29 is 0 Å². The van der Waals surface area contributed by atoms with Gasteiger partial charge in [0.25, 0.3) is 0 Å². The number of thiazole rings is 1. The third kappa shape index (κ3) is 4.18. The fourth-order valence-electron chi connectivity index (χ4n) is 1.18. The predicted octanol–water partition coefficient (Wildman–Crippen LogP) is 2.07. The summed E-state index contributed by atoms with van der Waals surface area (Å²) in [4.78, 5) is 8.66. The molecule has 5 heteroatoms. The van der Waals surface area contributed by atoms with E-state index in [0.29, 0.717) is 11.9 Å². The lowest BCUT2D eigenvalue weighted by Crippen LogP contribution is -2.34. The molecule has 0 aliphatic rings. The number of aryl methyl sites for hydroxylation is 1. The molecule has 0 aromatic carbocycles. The number of guanidine groups is 1. The molecular formula is C11H20N4S. The van der Waals surface area contributed by atoms with Crippen molar-refractivity contribution in [2.75, 3.05) is 6.54 Å². The summed E-state index contributed by atoms with van der Waals surface area (Å²) in [7, 11) is 0. The van der Waals surface area contributed by atoms with Gasteiger partial charge in [-0.3, -0.25) is 4.99 Å². The average molecular weight is 240 g/mol. The molecule has 1 aromatic rings. The minimum Gasteiger partial charge on any atom is -0.370 e. The monoisotopic (exact) mass is 240 g/mol. The normalized spacial score (nSPS) is 14.2. The third-order valence-electron chi connectivity index (χ3n) is 2.00. The van der Waals surface area contributed by atoms with E-state index in [1.54, 1.807) is 11.3 Å². The lowest BCUT2D eigenvalue weighted by Gasteiger charge is -2.12. The molecular weight excluding hydrogens is 220 g/mol. The molecule has 0 fully saturated rings. The van der Waals surface area contributed by atoms with Crippen molar-refractivity contribution in [1.29, 1.82) is 0 Å². The Hall–Kier alpha value is -1.10. The van der Waals surface area contributed by atoms with Crippen molar-refractivity contribution in [3.8, 4) is 0 Å². The van der Waals surface area contributed by atoms with Gasteiger partial charge in [-0.2, -0.15) is 0 Å². The predicted molar refractivity (Wildman–Crippen MR) is 69.7 cm³/mol. The molecule has 16 heavy (non-hydrogen) atoms. The number of hydrogen-bond donors (Lipinski definition) is 2. The number of rotatable bonds is 4. The maximum Gasteiger partial charge on any atom is 0.189 e. The van der Waals surface area contributed by atoms with Crippen LogP contribution in [0.1, 0.15) is 37.5 Å². The van der Waals surface area contributed by atoms with Gasteiger partial charge in [0.05, 0.1) is 6.04 Å². The van der Waals surface area contributed by atoms with E-state index >= 15 is 0 Å². The number of aromatic nitrogens is 1. The van der Waals surface area contributed by atoms with Crippen LogP contribution in [0.4, 0.5) is 0 Å². The smallest absolute Gasteiger partial charge is 0.189 e. The number of aliphatic imine (C=N–C) groups is 1. The molecule has 90 valence electrons. The maximum atomic E-state index is 5.78. The van der Waals surface area contributed by atoms with Crippen LogP contribution in [0.2, 0.25) is 0 Å². The van der Waals surface area contributed by atoms with E-state index < -0.39 is 0 Å². The minimum absolute atomic E-state index is 0.120. The van der Waals surface area contributed by atoms with E-state index in [4.69, 9.17) is 5.73 Å². The molecule has 1 heterocycles. The zero-order chi connectivity index (χ0) is 12.1. The van der Waals surface area contributed by atoms with Crippen LogP contribution in [0.3, 0.4) is 0 Å². The fourth-order valence-corrected chi connectivity index (χ4v) is 1.98. The highest BCUT2D eigenvalue weighted by Gasteiger charge is 2.09. The van der Waals surface area contributed by atoms with Gasteiger partial charge in [-0.1, -0.05) is 13.8 Å². The van der Waals surface area contributed by atoms with Crippen LogP contribution in [0.15, 0.2) is 10.4 Å². The molecule has 1 unspecified atom stereocenters. The van der Waals surface area contributed by atoms with Crippen LogP contribution < -0.4 is 11.1 Å². The molecule has 1 aromatic heterocycles. The largest absolute Gasteiger partial charge is 0.370 e. The highest BCUT2D eigenvalue weighted by Crippen LogP contribution is 2.16. The molecule has 4 nitrogen and oxygen atoms in total. The van der Waals surface area contributed by atoms with Crippen LogP contribution in [-0.2, 0) is 0 Å². The van der Waals surface area contributed by atoms with Crippen LogP contribution >= 0.6 is 11.3 Å². The summed E-state index contributed by atoms with van der Waals surface area (Å²) < 4.78 is 0. The standard InChI is InChI=1S/C11H20N4S/c1-7(2)5-13-11(12)15-9(4)10-14-8(3)6-16-10/h6-7,9H,5H2,1-4H3,(H3,12,13,15). The molecule has 0 amide bonds. The second-order valence-electron chi connectivity index (χ2n) is 4.31. The second-order valence-corrected chi connectivity index (χ2v) is 5.20. The van der Waals surface area contributed by atoms with Gasteiger partial charge in [0.1, 0.15) is 5.01 Å². The first-order chi connectivity index (χ1) is 7.49. The highest BCUT2D eigenvalue weighted by molar-refractivity contribution is 7.09. The van der Waals surface area contributed by atoms with Crippen molar-refractivity contribution in [2.45, 2.75) is 33.7 Å². The van der Waals surface area contributed by atoms with Crippen LogP contribution in [-0.4, -0.2) is 17.5 Å². The Morgan fingerprint density at radius 2 is 2.25 bits per heavy atom. The van der Waals surface area contributed by atoms with Gasteiger partial charge in [0.15, 0.2) is 5.96 Å². The van der Waals surface area contributed by atoms with Crippen LogP contribution in [0.25, 0.3) is 0 Å². The Balaban J connectivity index is 2.51. The van der Waals surface area contributed by atoms with E-state index in [2.05, 4.69) is 29.1 Å². The number of nitrogens with one attached hydrogen (secondary N) is 1. The number of hydrogen-bond acceptors (Lipinski definition) is 3. The summed E-state index contributed by atoms with van der Waals surface area (Å²) in [5.74, 6) is 1.02. The molecule has 0 spiro atoms. The summed E-state index contributed by atoms with van der Waals surface area (Å²) in [6.45, 7) is 9.01. The second kappa shape index (κ2) is 5.84. The Morgan fingerprint density at radius 3 is 2.75 bits per heavy atom. The summed E-state index contributed by atoms with van der Waals surface area (Å²) in [6, 6.07) is 0.120. The molecule has 1 rings (SSSR count). The summed E-state index contributed by atoms with van der Waals surface area (Å²) in [5, 5.41) is 6.22. The van der Waals surface area contributed by atoms with E-state index in [9.17, 15) is 0 Å². The lowest BCUT2D eigenvalue weighted by molar-refractivity contribution is 0.650. The van der Waals surface area contributed by atoms with Gasteiger partial charge in [-0.25, -0.2) is 4.98 Å². The average Bonchev–Trinajstić information content (AvgIpc) is 2.62. The van der Waals surface area contributed by atoms with Crippen molar-refractivity contribution in [3.05, 3.63) is 16.1 Å². The Bertz CT molecular complexity index is 357. The molecule has 0 saturated carbocycles. The summed E-state index contributed by atoms with van der Waals surface area (Å²) >= 11 is 1.64. The summed E-state index contributed by atoms with van der Waals surface area (Å²) in [6.07, 6.45) is 0. The highest BCUT2D eigenvalue weighted by atomic mass is 32.1. The lowest BCUT2D eigenvalue weighted by atomic mass is 10.2. The van der Waals surface area contributed by atoms with E-state index in [1.807, 2.05) is 19.2 Å². The van der Waals surface area contributed by atoms with Crippen LogP contribution in [0.5, 0.6) is 0 Å². The zero-order valence-electron chi connectivity index (χ0n) is 10.3. The number of nitrogens with zero attached hydrogens (tertiary/aromatic N) is 2. The van der Waals surface area contributed by atoms with Gasteiger partial charge in [-0.05, 0) is 19.8 Å². The Labute approximate surface area is 101 Å². The minimum atomic E-state index is 0.120. The zero-order valence-corrected chi connectivity index (χ0v) is 11.1. The van der Waals surface area contributed by atoms with Crippen LogP contribution in [0, 0.1) is 12.8 Å².